The van der Waals surface area contributed by atoms with Gasteiger partial charge in [0.05, 0.1) is 30.6 Å². The van der Waals surface area contributed by atoms with Crippen LogP contribution in [0.25, 0.3) is 0 Å². The van der Waals surface area contributed by atoms with Crippen LogP contribution in [0.3, 0.4) is 0 Å². The van der Waals surface area contributed by atoms with Crippen molar-refractivity contribution in [2.75, 3.05) is 13.2 Å². The highest BCUT2D eigenvalue weighted by molar-refractivity contribution is 5.92. The summed E-state index contributed by atoms with van der Waals surface area (Å²) in [5, 5.41) is 8.70. The molecule has 1 aromatic rings. The maximum Gasteiger partial charge on any atom is 0.338 e. The van der Waals surface area contributed by atoms with E-state index in [0.29, 0.717) is 18.6 Å². The Balaban J connectivity index is 2.41. The second-order valence-electron chi connectivity index (χ2n) is 3.41. The number of aromatic carboxylic acids is 1. The van der Waals surface area contributed by atoms with E-state index in [1.165, 1.54) is 30.5 Å². The monoisotopic (exact) mass is 250 g/mol. The van der Waals surface area contributed by atoms with Gasteiger partial charge in [0.25, 0.3) is 0 Å². The molecule has 0 saturated heterocycles. The van der Waals surface area contributed by atoms with Gasteiger partial charge in [0.2, 0.25) is 0 Å². The zero-order valence-corrected chi connectivity index (χ0v) is 9.80. The SMILES string of the molecule is C=COCCCOC(=O)c1ccc(C(=O)O)cc1. The highest BCUT2D eigenvalue weighted by Crippen LogP contribution is 2.06. The predicted octanol–water partition coefficient (Wildman–Crippen LogP) is 2.09. The molecule has 0 spiro atoms. The minimum Gasteiger partial charge on any atom is -0.502 e. The molecular weight excluding hydrogens is 236 g/mol. The first kappa shape index (κ1) is 13.8. The molecule has 5 nitrogen and oxygen atoms in total. The van der Waals surface area contributed by atoms with Crippen LogP contribution < -0.4 is 0 Å². The molecular formula is C13H14O5. The highest BCUT2D eigenvalue weighted by Gasteiger charge is 2.08. The van der Waals surface area contributed by atoms with Crippen LogP contribution in [0.15, 0.2) is 37.1 Å². The van der Waals surface area contributed by atoms with Crippen molar-refractivity contribution >= 4 is 11.9 Å². The Hall–Kier alpha value is -2.30. The van der Waals surface area contributed by atoms with Crippen molar-refractivity contribution in [3.63, 3.8) is 0 Å². The topological polar surface area (TPSA) is 72.8 Å². The van der Waals surface area contributed by atoms with Crippen LogP contribution in [-0.4, -0.2) is 30.3 Å². The Morgan fingerprint density at radius 2 is 1.78 bits per heavy atom. The third-order valence-corrected chi connectivity index (χ3v) is 2.13. The molecule has 0 radical (unpaired) electrons. The number of esters is 1. The normalized spacial score (nSPS) is 9.56. The fraction of sp³-hybridized carbons (Fsp3) is 0.231. The van der Waals surface area contributed by atoms with Gasteiger partial charge >= 0.3 is 11.9 Å². The Bertz CT molecular complexity index is 422. The summed E-state index contributed by atoms with van der Waals surface area (Å²) in [6.07, 6.45) is 1.90. The van der Waals surface area contributed by atoms with Crippen molar-refractivity contribution in [2.24, 2.45) is 0 Å². The fourth-order valence-corrected chi connectivity index (χ4v) is 1.22. The van der Waals surface area contributed by atoms with Gasteiger partial charge < -0.3 is 14.6 Å². The molecule has 0 atom stereocenters. The van der Waals surface area contributed by atoms with E-state index >= 15 is 0 Å². The van der Waals surface area contributed by atoms with Crippen molar-refractivity contribution in [3.05, 3.63) is 48.2 Å². The van der Waals surface area contributed by atoms with E-state index in [2.05, 4.69) is 6.58 Å². The Labute approximate surface area is 105 Å². The quantitative estimate of drug-likeness (QED) is 0.455. The number of benzene rings is 1. The number of carbonyl (C=O) groups excluding carboxylic acids is 1. The summed E-state index contributed by atoms with van der Waals surface area (Å²) in [6.45, 7) is 4.07. The third kappa shape index (κ3) is 4.29. The van der Waals surface area contributed by atoms with Crippen LogP contribution in [0.4, 0.5) is 0 Å². The van der Waals surface area contributed by atoms with Gasteiger partial charge in [-0.15, -0.1) is 0 Å². The number of carboxylic acids is 1. The first-order valence-corrected chi connectivity index (χ1v) is 5.38. The molecule has 96 valence electrons. The van der Waals surface area contributed by atoms with Crippen LogP contribution in [0.2, 0.25) is 0 Å². The van der Waals surface area contributed by atoms with Gasteiger partial charge in [-0.05, 0) is 24.3 Å². The first-order valence-electron chi connectivity index (χ1n) is 5.38. The molecule has 0 heterocycles. The van der Waals surface area contributed by atoms with E-state index in [1.54, 1.807) is 0 Å². The number of hydrogen-bond acceptors (Lipinski definition) is 4. The fourth-order valence-electron chi connectivity index (χ4n) is 1.22. The summed E-state index contributed by atoms with van der Waals surface area (Å²) in [7, 11) is 0. The number of hydrogen-bond donors (Lipinski definition) is 1. The average Bonchev–Trinajstić information content (AvgIpc) is 2.38. The minimum absolute atomic E-state index is 0.130. The van der Waals surface area contributed by atoms with Crippen molar-refractivity contribution in [1.29, 1.82) is 0 Å². The largest absolute Gasteiger partial charge is 0.502 e. The molecule has 18 heavy (non-hydrogen) atoms. The van der Waals surface area contributed by atoms with Crippen molar-refractivity contribution in [3.8, 4) is 0 Å². The van der Waals surface area contributed by atoms with Gasteiger partial charge in [-0.3, -0.25) is 0 Å². The smallest absolute Gasteiger partial charge is 0.338 e. The summed E-state index contributed by atoms with van der Waals surface area (Å²) in [6, 6.07) is 5.57. The van der Waals surface area contributed by atoms with Gasteiger partial charge in [0, 0.05) is 6.42 Å². The minimum atomic E-state index is -1.03. The van der Waals surface area contributed by atoms with E-state index in [4.69, 9.17) is 14.6 Å². The zero-order valence-electron chi connectivity index (χ0n) is 9.80. The van der Waals surface area contributed by atoms with E-state index < -0.39 is 11.9 Å². The van der Waals surface area contributed by atoms with Crippen molar-refractivity contribution in [2.45, 2.75) is 6.42 Å². The van der Waals surface area contributed by atoms with Crippen LogP contribution >= 0.6 is 0 Å². The zero-order chi connectivity index (χ0) is 13.4. The number of carbonyl (C=O) groups is 2. The Morgan fingerprint density at radius 1 is 1.17 bits per heavy atom. The van der Waals surface area contributed by atoms with Crippen molar-refractivity contribution in [1.82, 2.24) is 0 Å². The summed E-state index contributed by atoms with van der Waals surface area (Å²) >= 11 is 0. The van der Waals surface area contributed by atoms with E-state index in [9.17, 15) is 9.59 Å². The average molecular weight is 250 g/mol. The summed E-state index contributed by atoms with van der Waals surface area (Å²) < 4.78 is 9.84. The van der Waals surface area contributed by atoms with Crippen LogP contribution in [0.1, 0.15) is 27.1 Å². The standard InChI is InChI=1S/C13H14O5/c1-2-17-8-3-9-18-13(16)11-6-4-10(5-7-11)12(14)15/h2,4-7H,1,3,8-9H2,(H,14,15). The van der Waals surface area contributed by atoms with E-state index in [0.717, 1.165) is 0 Å². The second-order valence-corrected chi connectivity index (χ2v) is 3.41. The molecule has 0 fully saturated rings. The van der Waals surface area contributed by atoms with Crippen LogP contribution in [-0.2, 0) is 9.47 Å². The first-order chi connectivity index (χ1) is 8.65. The molecule has 1 N–H and O–H groups in total. The molecule has 1 aromatic carbocycles. The Morgan fingerprint density at radius 3 is 2.33 bits per heavy atom. The summed E-state index contributed by atoms with van der Waals surface area (Å²) in [5.74, 6) is -1.51. The molecule has 0 aliphatic carbocycles. The van der Waals surface area contributed by atoms with Gasteiger partial charge in [0.1, 0.15) is 0 Å². The maximum atomic E-state index is 11.5. The number of rotatable bonds is 7. The predicted molar refractivity (Wildman–Crippen MR) is 64.4 cm³/mol. The van der Waals surface area contributed by atoms with Gasteiger partial charge in [-0.2, -0.15) is 0 Å². The summed E-state index contributed by atoms with van der Waals surface area (Å²) in [5.41, 5.74) is 0.454. The molecule has 0 amide bonds. The lowest BCUT2D eigenvalue weighted by molar-refractivity contribution is 0.0477. The van der Waals surface area contributed by atoms with Crippen LogP contribution in [0.5, 0.6) is 0 Å². The lowest BCUT2D eigenvalue weighted by atomic mass is 10.1. The molecule has 0 saturated carbocycles. The lowest BCUT2D eigenvalue weighted by Crippen LogP contribution is -2.08. The van der Waals surface area contributed by atoms with Gasteiger partial charge in [-0.1, -0.05) is 6.58 Å². The molecule has 0 aliphatic heterocycles. The number of carboxylic acid groups (broad SMARTS) is 1. The second kappa shape index (κ2) is 7.11. The Kier molecular flexibility index (Phi) is 5.44. The number of ether oxygens (including phenoxy) is 2. The lowest BCUT2D eigenvalue weighted by Gasteiger charge is -2.05. The van der Waals surface area contributed by atoms with E-state index in [1.807, 2.05) is 0 Å². The van der Waals surface area contributed by atoms with Gasteiger partial charge in [-0.25, -0.2) is 9.59 Å². The summed E-state index contributed by atoms with van der Waals surface area (Å²) in [4.78, 5) is 22.1. The van der Waals surface area contributed by atoms with E-state index in [-0.39, 0.29) is 12.2 Å². The maximum absolute atomic E-state index is 11.5. The third-order valence-electron chi connectivity index (χ3n) is 2.13. The van der Waals surface area contributed by atoms with Crippen LogP contribution in [0, 0.1) is 0 Å². The van der Waals surface area contributed by atoms with Crippen molar-refractivity contribution < 1.29 is 24.2 Å². The molecule has 1 rings (SSSR count). The van der Waals surface area contributed by atoms with Gasteiger partial charge in [0.15, 0.2) is 0 Å². The molecule has 5 heteroatoms. The molecule has 0 bridgehead atoms. The molecule has 0 unspecified atom stereocenters. The molecule has 0 aromatic heterocycles. The highest BCUT2D eigenvalue weighted by atomic mass is 16.5. The molecule has 0 aliphatic rings.